The number of nitrogens with one attached hydrogen (secondary N) is 1. The van der Waals surface area contributed by atoms with Crippen LogP contribution in [0.4, 0.5) is 0 Å². The lowest BCUT2D eigenvalue weighted by Crippen LogP contribution is -2.24. The van der Waals surface area contributed by atoms with Crippen molar-refractivity contribution < 1.29 is 4.74 Å². The summed E-state index contributed by atoms with van der Waals surface area (Å²) in [5.74, 6) is 0.660. The van der Waals surface area contributed by atoms with Crippen LogP contribution in [0.15, 0.2) is 17.3 Å². The minimum absolute atomic E-state index is 0.124. The summed E-state index contributed by atoms with van der Waals surface area (Å²) in [6.45, 7) is 11.8. The van der Waals surface area contributed by atoms with Crippen LogP contribution in [0.3, 0.4) is 0 Å². The fraction of sp³-hybridized carbons (Fsp3) is 0.579. The van der Waals surface area contributed by atoms with E-state index in [1.807, 2.05) is 12.1 Å². The lowest BCUT2D eigenvalue weighted by molar-refractivity contribution is 0.202. The molecule has 0 saturated carbocycles. The first-order valence-corrected chi connectivity index (χ1v) is 9.77. The summed E-state index contributed by atoms with van der Waals surface area (Å²) in [7, 11) is 0. The van der Waals surface area contributed by atoms with E-state index in [1.54, 1.807) is 11.8 Å². The summed E-state index contributed by atoms with van der Waals surface area (Å²) in [5.41, 5.74) is 2.30. The highest BCUT2D eigenvalue weighted by molar-refractivity contribution is 8.00. The topological polar surface area (TPSA) is 64.9 Å². The number of benzene rings is 1. The van der Waals surface area contributed by atoms with Gasteiger partial charge in [0, 0.05) is 23.9 Å². The van der Waals surface area contributed by atoms with Crippen LogP contribution in [-0.4, -0.2) is 45.4 Å². The molecule has 1 fully saturated rings. The number of H-pyrrole nitrogens is 1. The molecule has 1 saturated heterocycles. The molecule has 1 aromatic carbocycles. The molecule has 6 heteroatoms. The summed E-state index contributed by atoms with van der Waals surface area (Å²) in [6, 6.07) is 6.02. The van der Waals surface area contributed by atoms with Crippen molar-refractivity contribution in [2.45, 2.75) is 56.5 Å². The zero-order chi connectivity index (χ0) is 18.0. The van der Waals surface area contributed by atoms with Crippen LogP contribution in [0.2, 0.25) is 0 Å². The molecule has 25 heavy (non-hydrogen) atoms. The summed E-state index contributed by atoms with van der Waals surface area (Å²) in [4.78, 5) is 10.4. The zero-order valence-corrected chi connectivity index (χ0v) is 16.2. The molecule has 1 aromatic heterocycles. The first kappa shape index (κ1) is 18.1. The third-order valence-corrected chi connectivity index (χ3v) is 6.10. The van der Waals surface area contributed by atoms with Crippen LogP contribution in [0, 0.1) is 11.3 Å². The molecule has 1 aliphatic rings. The predicted octanol–water partition coefficient (Wildman–Crippen LogP) is 4.19. The Morgan fingerprint density at radius 1 is 1.44 bits per heavy atom. The Hall–Kier alpha value is -1.71. The van der Waals surface area contributed by atoms with Crippen molar-refractivity contribution in [3.05, 3.63) is 17.7 Å². The number of fused-ring (bicyclic) bond motifs is 1. The maximum atomic E-state index is 9.50. The van der Waals surface area contributed by atoms with Crippen molar-refractivity contribution >= 4 is 22.8 Å². The van der Waals surface area contributed by atoms with Gasteiger partial charge in [0.15, 0.2) is 5.16 Å². The molecule has 5 nitrogen and oxygen atoms in total. The molecular formula is C19H26N4OS. The molecule has 1 atom stereocenters. The molecule has 0 unspecified atom stereocenters. The van der Waals surface area contributed by atoms with Gasteiger partial charge in [-0.25, -0.2) is 4.98 Å². The van der Waals surface area contributed by atoms with Gasteiger partial charge in [-0.1, -0.05) is 39.5 Å². The van der Waals surface area contributed by atoms with E-state index in [2.05, 4.69) is 48.6 Å². The van der Waals surface area contributed by atoms with Gasteiger partial charge in [0.1, 0.15) is 17.9 Å². The average molecular weight is 359 g/mol. The van der Waals surface area contributed by atoms with E-state index >= 15 is 0 Å². The smallest absolute Gasteiger partial charge is 0.166 e. The lowest BCUT2D eigenvalue weighted by Gasteiger charge is -2.19. The number of ether oxygens (including phenoxy) is 1. The molecule has 0 bridgehead atoms. The molecule has 1 aliphatic heterocycles. The minimum Gasteiger partial charge on any atom is -0.488 e. The Bertz CT molecular complexity index is 793. The van der Waals surface area contributed by atoms with Crippen molar-refractivity contribution in [2.24, 2.45) is 0 Å². The van der Waals surface area contributed by atoms with Gasteiger partial charge < -0.3 is 9.72 Å². The molecule has 1 N–H and O–H groups in total. The summed E-state index contributed by atoms with van der Waals surface area (Å²) in [6.07, 6.45) is 2.22. The highest BCUT2D eigenvalue weighted by atomic mass is 32.2. The van der Waals surface area contributed by atoms with Crippen LogP contribution in [-0.2, 0) is 0 Å². The van der Waals surface area contributed by atoms with E-state index in [-0.39, 0.29) is 10.9 Å². The van der Waals surface area contributed by atoms with Crippen LogP contribution >= 0.6 is 11.8 Å². The number of likely N-dealkylation sites (tertiary alicyclic amines) is 1. The summed E-state index contributed by atoms with van der Waals surface area (Å²) < 4.78 is 6.27. The van der Waals surface area contributed by atoms with Crippen LogP contribution in [0.1, 0.15) is 46.1 Å². The average Bonchev–Trinajstić information content (AvgIpc) is 3.19. The number of rotatable bonds is 6. The van der Waals surface area contributed by atoms with Crippen LogP contribution in [0.5, 0.6) is 5.75 Å². The summed E-state index contributed by atoms with van der Waals surface area (Å²) >= 11 is 1.73. The Morgan fingerprint density at radius 3 is 2.88 bits per heavy atom. The van der Waals surface area contributed by atoms with Crippen LogP contribution in [0.25, 0.3) is 11.0 Å². The predicted molar refractivity (Wildman–Crippen MR) is 102 cm³/mol. The largest absolute Gasteiger partial charge is 0.488 e. The summed E-state index contributed by atoms with van der Waals surface area (Å²) in [5, 5.41) is 10.4. The molecule has 2 heterocycles. The molecule has 134 valence electrons. The highest BCUT2D eigenvalue weighted by Crippen LogP contribution is 2.35. The van der Waals surface area contributed by atoms with E-state index in [9.17, 15) is 5.26 Å². The van der Waals surface area contributed by atoms with E-state index in [1.165, 1.54) is 0 Å². The fourth-order valence-corrected chi connectivity index (χ4v) is 3.91. The van der Waals surface area contributed by atoms with Gasteiger partial charge in [-0.3, -0.25) is 4.90 Å². The highest BCUT2D eigenvalue weighted by Gasteiger charge is 2.24. The van der Waals surface area contributed by atoms with Crippen molar-refractivity contribution in [1.82, 2.24) is 14.9 Å². The van der Waals surface area contributed by atoms with E-state index in [0.29, 0.717) is 11.3 Å². The Balaban J connectivity index is 1.85. The molecule has 0 radical (unpaired) electrons. The number of nitrogens with zero attached hydrogens (tertiary/aromatic N) is 3. The number of imidazole rings is 1. The number of aromatic nitrogens is 2. The van der Waals surface area contributed by atoms with Crippen molar-refractivity contribution in [3.8, 4) is 11.8 Å². The normalized spacial score (nSPS) is 18.6. The van der Waals surface area contributed by atoms with Gasteiger partial charge in [0.2, 0.25) is 0 Å². The van der Waals surface area contributed by atoms with Crippen molar-refractivity contribution in [2.75, 3.05) is 19.6 Å². The second-order valence-electron chi connectivity index (χ2n) is 7.16. The molecule has 2 aromatic rings. The Kier molecular flexibility index (Phi) is 5.26. The van der Waals surface area contributed by atoms with Gasteiger partial charge >= 0.3 is 0 Å². The molecule has 0 amide bonds. The van der Waals surface area contributed by atoms with Crippen molar-refractivity contribution in [1.29, 1.82) is 5.26 Å². The second kappa shape index (κ2) is 7.27. The number of hydrogen-bond donors (Lipinski definition) is 1. The number of thioether (sulfide) groups is 1. The third-order valence-electron chi connectivity index (χ3n) is 4.88. The Labute approximate surface area is 153 Å². The van der Waals surface area contributed by atoms with Crippen LogP contribution < -0.4 is 4.74 Å². The fourth-order valence-electron chi connectivity index (χ4n) is 2.94. The number of aromatic amines is 1. The Morgan fingerprint density at radius 2 is 2.24 bits per heavy atom. The van der Waals surface area contributed by atoms with E-state index in [0.717, 1.165) is 48.7 Å². The zero-order valence-electron chi connectivity index (χ0n) is 15.4. The number of likely N-dealkylation sites (N-methyl/N-ethyl adjacent to an activating group) is 1. The number of nitriles is 1. The van der Waals surface area contributed by atoms with Gasteiger partial charge in [-0.15, -0.1) is 0 Å². The van der Waals surface area contributed by atoms with Crippen molar-refractivity contribution in [3.63, 3.8) is 0 Å². The van der Waals surface area contributed by atoms with Gasteiger partial charge in [-0.2, -0.15) is 5.26 Å². The lowest BCUT2D eigenvalue weighted by atomic mass is 10.1. The molecular weight excluding hydrogens is 332 g/mol. The van der Waals surface area contributed by atoms with Gasteiger partial charge in [0.05, 0.1) is 16.6 Å². The minimum atomic E-state index is 0.124. The second-order valence-corrected chi connectivity index (χ2v) is 8.85. The van der Waals surface area contributed by atoms with Gasteiger partial charge in [0.25, 0.3) is 0 Å². The standard InChI is InChI=1S/C19H26N4OS/c1-5-19(3,4)25-18-21-15-9-13(11-20)17(10-16(15)22-18)24-14-7-8-23(6-2)12-14/h9-10,14H,5-8,12H2,1-4H3,(H,21,22)/t14-/m1/s1. The monoisotopic (exact) mass is 358 g/mol. The SMILES string of the molecule is CCN1CC[C@@H](Oc2cc3[nH]c(SC(C)(C)CC)nc3cc2C#N)C1. The molecule has 0 aliphatic carbocycles. The maximum Gasteiger partial charge on any atom is 0.166 e. The maximum absolute atomic E-state index is 9.50. The first-order valence-electron chi connectivity index (χ1n) is 8.96. The third kappa shape index (κ3) is 4.10. The number of hydrogen-bond acceptors (Lipinski definition) is 5. The van der Waals surface area contributed by atoms with E-state index in [4.69, 9.17) is 4.74 Å². The van der Waals surface area contributed by atoms with E-state index < -0.39 is 0 Å². The van der Waals surface area contributed by atoms with Gasteiger partial charge in [-0.05, 0) is 25.5 Å². The molecule has 0 spiro atoms. The molecule has 3 rings (SSSR count). The quantitative estimate of drug-likeness (QED) is 0.785. The first-order chi connectivity index (χ1) is 11.9.